The summed E-state index contributed by atoms with van der Waals surface area (Å²) in [5.74, 6) is -0.846. The number of hydrogen-bond acceptors (Lipinski definition) is 4. The maximum atomic E-state index is 12.4. The van der Waals surface area contributed by atoms with Crippen molar-refractivity contribution in [2.24, 2.45) is 5.92 Å². The van der Waals surface area contributed by atoms with Crippen LogP contribution >= 0.6 is 23.2 Å². The van der Waals surface area contributed by atoms with E-state index in [4.69, 9.17) is 23.2 Å². The number of rotatable bonds is 6. The summed E-state index contributed by atoms with van der Waals surface area (Å²) in [4.78, 5) is 23.7. The summed E-state index contributed by atoms with van der Waals surface area (Å²) >= 11 is 11.9. The van der Waals surface area contributed by atoms with Gasteiger partial charge in [0.05, 0.1) is 17.6 Å². The largest absolute Gasteiger partial charge is 0.480 e. The maximum Gasteiger partial charge on any atom is 0.326 e. The smallest absolute Gasteiger partial charge is 0.326 e. The molecule has 0 saturated carbocycles. The van der Waals surface area contributed by atoms with E-state index in [0.717, 1.165) is 4.68 Å². The third-order valence-corrected chi connectivity index (χ3v) is 3.94. The number of aliphatic carboxylic acids is 1. The number of benzene rings is 1. The standard InChI is InChI=1S/C16H17Cl2N3O3/c1-9(2)7-12(16(23)24)20-13-8-19-21(15(22)14(13)18)11-5-3-10(17)4-6-11/h3-6,8-9,12,20H,7H2,1-2H3,(H,23,24)/t12-/m0/s1. The van der Waals surface area contributed by atoms with Crippen molar-refractivity contribution in [1.82, 2.24) is 9.78 Å². The lowest BCUT2D eigenvalue weighted by molar-refractivity contribution is -0.138. The summed E-state index contributed by atoms with van der Waals surface area (Å²) in [6.07, 6.45) is 1.74. The highest BCUT2D eigenvalue weighted by atomic mass is 35.5. The fraction of sp³-hybridized carbons (Fsp3) is 0.312. The van der Waals surface area contributed by atoms with Gasteiger partial charge in [-0.05, 0) is 36.6 Å². The van der Waals surface area contributed by atoms with Crippen LogP contribution in [0.5, 0.6) is 0 Å². The van der Waals surface area contributed by atoms with E-state index >= 15 is 0 Å². The Morgan fingerprint density at radius 2 is 1.92 bits per heavy atom. The summed E-state index contributed by atoms with van der Waals surface area (Å²) in [5.41, 5.74) is 0.160. The molecule has 0 saturated heterocycles. The minimum Gasteiger partial charge on any atom is -0.480 e. The van der Waals surface area contributed by atoms with Crippen molar-refractivity contribution >= 4 is 34.9 Å². The first-order chi connectivity index (χ1) is 11.3. The Morgan fingerprint density at radius 1 is 1.29 bits per heavy atom. The fourth-order valence-electron chi connectivity index (χ4n) is 2.18. The van der Waals surface area contributed by atoms with E-state index in [1.807, 2.05) is 13.8 Å². The highest BCUT2D eigenvalue weighted by Crippen LogP contribution is 2.20. The number of carbonyl (C=O) groups is 1. The molecular formula is C16H17Cl2N3O3. The molecule has 1 atom stereocenters. The fourth-order valence-corrected chi connectivity index (χ4v) is 2.49. The van der Waals surface area contributed by atoms with E-state index < -0.39 is 17.6 Å². The van der Waals surface area contributed by atoms with Crippen LogP contribution in [0.4, 0.5) is 5.69 Å². The number of aromatic nitrogens is 2. The molecule has 2 N–H and O–H groups in total. The Balaban J connectivity index is 2.34. The van der Waals surface area contributed by atoms with Crippen LogP contribution in [0.3, 0.4) is 0 Å². The van der Waals surface area contributed by atoms with Gasteiger partial charge in [0.25, 0.3) is 5.56 Å². The van der Waals surface area contributed by atoms with E-state index in [1.165, 1.54) is 6.20 Å². The first-order valence-electron chi connectivity index (χ1n) is 7.32. The molecule has 0 aliphatic heterocycles. The average Bonchev–Trinajstić information content (AvgIpc) is 2.52. The third kappa shape index (κ3) is 4.27. The number of nitrogens with one attached hydrogen (secondary N) is 1. The minimum absolute atomic E-state index is 0.116. The van der Waals surface area contributed by atoms with Crippen LogP contribution in [0, 0.1) is 5.92 Å². The predicted molar refractivity (Wildman–Crippen MR) is 94.4 cm³/mol. The highest BCUT2D eigenvalue weighted by molar-refractivity contribution is 6.33. The van der Waals surface area contributed by atoms with Crippen LogP contribution in [-0.2, 0) is 4.79 Å². The van der Waals surface area contributed by atoms with Gasteiger partial charge in [-0.2, -0.15) is 9.78 Å². The molecule has 2 rings (SSSR count). The van der Waals surface area contributed by atoms with Gasteiger partial charge in [-0.3, -0.25) is 4.79 Å². The molecule has 6 nitrogen and oxygen atoms in total. The molecule has 0 fully saturated rings. The average molecular weight is 370 g/mol. The van der Waals surface area contributed by atoms with Crippen LogP contribution in [0.15, 0.2) is 35.3 Å². The zero-order valence-electron chi connectivity index (χ0n) is 13.2. The molecule has 0 spiro atoms. The number of nitrogens with zero attached hydrogens (tertiary/aromatic N) is 2. The van der Waals surface area contributed by atoms with Crippen molar-refractivity contribution in [2.45, 2.75) is 26.3 Å². The van der Waals surface area contributed by atoms with Crippen molar-refractivity contribution in [3.05, 3.63) is 50.9 Å². The molecule has 1 aromatic heterocycles. The van der Waals surface area contributed by atoms with Crippen LogP contribution < -0.4 is 10.9 Å². The van der Waals surface area contributed by atoms with Crippen LogP contribution in [0.1, 0.15) is 20.3 Å². The Kier molecular flexibility index (Phi) is 5.85. The molecule has 8 heteroatoms. The molecule has 1 heterocycles. The van der Waals surface area contributed by atoms with Gasteiger partial charge >= 0.3 is 5.97 Å². The van der Waals surface area contributed by atoms with Gasteiger partial charge in [0, 0.05) is 5.02 Å². The molecule has 1 aromatic carbocycles. The predicted octanol–water partition coefficient (Wildman–Crippen LogP) is 3.45. The molecule has 0 radical (unpaired) electrons. The monoisotopic (exact) mass is 369 g/mol. The van der Waals surface area contributed by atoms with Gasteiger partial charge in [-0.25, -0.2) is 4.79 Å². The van der Waals surface area contributed by atoms with E-state index in [1.54, 1.807) is 24.3 Å². The van der Waals surface area contributed by atoms with Crippen molar-refractivity contribution in [3.63, 3.8) is 0 Å². The third-order valence-electron chi connectivity index (χ3n) is 3.33. The SMILES string of the molecule is CC(C)C[C@H](Nc1cnn(-c2ccc(Cl)cc2)c(=O)c1Cl)C(=O)O. The summed E-state index contributed by atoms with van der Waals surface area (Å²) in [7, 11) is 0. The van der Waals surface area contributed by atoms with Gasteiger partial charge in [0.2, 0.25) is 0 Å². The number of halogens is 2. The molecule has 0 bridgehead atoms. The van der Waals surface area contributed by atoms with E-state index in [0.29, 0.717) is 17.1 Å². The van der Waals surface area contributed by atoms with E-state index in [-0.39, 0.29) is 16.6 Å². The van der Waals surface area contributed by atoms with Crippen LogP contribution in [-0.4, -0.2) is 26.9 Å². The lowest BCUT2D eigenvalue weighted by Crippen LogP contribution is -2.32. The lowest BCUT2D eigenvalue weighted by atomic mass is 10.0. The zero-order chi connectivity index (χ0) is 17.9. The number of carboxylic acids is 1. The second kappa shape index (κ2) is 7.68. The summed E-state index contributed by atoms with van der Waals surface area (Å²) in [6, 6.07) is 5.69. The van der Waals surface area contributed by atoms with Gasteiger partial charge in [0.1, 0.15) is 11.1 Å². The Hall–Kier alpha value is -2.05. The van der Waals surface area contributed by atoms with Crippen molar-refractivity contribution in [3.8, 4) is 5.69 Å². The van der Waals surface area contributed by atoms with Gasteiger partial charge in [-0.1, -0.05) is 37.0 Å². The Labute approximate surface area is 149 Å². The zero-order valence-corrected chi connectivity index (χ0v) is 14.7. The molecule has 2 aromatic rings. The quantitative estimate of drug-likeness (QED) is 0.814. The van der Waals surface area contributed by atoms with Crippen LogP contribution in [0.25, 0.3) is 5.69 Å². The molecular weight excluding hydrogens is 353 g/mol. The molecule has 0 amide bonds. The number of anilines is 1. The molecule has 0 aliphatic rings. The second-order valence-corrected chi connectivity index (χ2v) is 6.54. The van der Waals surface area contributed by atoms with Gasteiger partial charge < -0.3 is 10.4 Å². The molecule has 0 aliphatic carbocycles. The minimum atomic E-state index is -1.01. The van der Waals surface area contributed by atoms with Crippen molar-refractivity contribution < 1.29 is 9.90 Å². The van der Waals surface area contributed by atoms with Crippen molar-refractivity contribution in [2.75, 3.05) is 5.32 Å². The second-order valence-electron chi connectivity index (χ2n) is 5.73. The first-order valence-corrected chi connectivity index (χ1v) is 8.08. The van der Waals surface area contributed by atoms with E-state index in [9.17, 15) is 14.7 Å². The Morgan fingerprint density at radius 3 is 2.46 bits per heavy atom. The van der Waals surface area contributed by atoms with Crippen LogP contribution in [0.2, 0.25) is 10.0 Å². The first kappa shape index (κ1) is 18.3. The van der Waals surface area contributed by atoms with Gasteiger partial charge in [0.15, 0.2) is 0 Å². The van der Waals surface area contributed by atoms with Crippen molar-refractivity contribution in [1.29, 1.82) is 0 Å². The summed E-state index contributed by atoms with van der Waals surface area (Å²) in [6.45, 7) is 3.83. The molecule has 128 valence electrons. The normalized spacial score (nSPS) is 12.2. The molecule has 24 heavy (non-hydrogen) atoms. The number of hydrogen-bond donors (Lipinski definition) is 2. The number of carboxylic acid groups (broad SMARTS) is 1. The highest BCUT2D eigenvalue weighted by Gasteiger charge is 2.21. The maximum absolute atomic E-state index is 12.4. The summed E-state index contributed by atoms with van der Waals surface area (Å²) in [5, 5.41) is 16.5. The van der Waals surface area contributed by atoms with Gasteiger partial charge in [-0.15, -0.1) is 0 Å². The lowest BCUT2D eigenvalue weighted by Gasteiger charge is -2.18. The van der Waals surface area contributed by atoms with E-state index in [2.05, 4.69) is 10.4 Å². The Bertz CT molecular complexity index is 788. The summed E-state index contributed by atoms with van der Waals surface area (Å²) < 4.78 is 1.13. The topological polar surface area (TPSA) is 84.2 Å². The molecule has 0 unspecified atom stereocenters.